The number of likely N-dealkylation sites (N-methyl/N-ethyl adjacent to an activating group) is 1. The normalized spacial score (nSPS) is 11.5. The predicted octanol–water partition coefficient (Wildman–Crippen LogP) is 5.07. The smallest absolute Gasteiger partial charge is 0.261 e. The largest absolute Gasteiger partial charge is 0.484 e. The second-order valence-corrected chi connectivity index (χ2v) is 8.53. The molecule has 1 N–H and O–H groups in total. The van der Waals surface area contributed by atoms with E-state index in [0.29, 0.717) is 27.8 Å². The van der Waals surface area contributed by atoms with Gasteiger partial charge in [-0.1, -0.05) is 71.7 Å². The maximum Gasteiger partial charge on any atom is 0.261 e. The molecule has 0 bridgehead atoms. The zero-order chi connectivity index (χ0) is 23.8. The molecule has 0 saturated carbocycles. The molecule has 0 aliphatic carbocycles. The summed E-state index contributed by atoms with van der Waals surface area (Å²) in [5, 5.41) is 3.61. The zero-order valence-electron chi connectivity index (χ0n) is 18.6. The quantitative estimate of drug-likeness (QED) is 0.461. The van der Waals surface area contributed by atoms with Gasteiger partial charge in [-0.25, -0.2) is 0 Å². The van der Waals surface area contributed by atoms with E-state index < -0.39 is 6.04 Å². The summed E-state index contributed by atoms with van der Waals surface area (Å²) in [6.07, 6.45) is 0.349. The van der Waals surface area contributed by atoms with Crippen molar-refractivity contribution < 1.29 is 14.3 Å². The summed E-state index contributed by atoms with van der Waals surface area (Å²) in [7, 11) is 1.56. The van der Waals surface area contributed by atoms with Gasteiger partial charge in [0.1, 0.15) is 11.8 Å². The minimum absolute atomic E-state index is 0.136. The number of rotatable bonds is 9. The van der Waals surface area contributed by atoms with Crippen molar-refractivity contribution in [2.75, 3.05) is 13.7 Å². The van der Waals surface area contributed by atoms with Crippen molar-refractivity contribution in [3.05, 3.63) is 99.5 Å². The lowest BCUT2D eigenvalue weighted by atomic mass is 10.0. The molecule has 0 fully saturated rings. The van der Waals surface area contributed by atoms with Crippen molar-refractivity contribution >= 4 is 35.0 Å². The maximum absolute atomic E-state index is 13.4. The van der Waals surface area contributed by atoms with Crippen molar-refractivity contribution in [3.8, 4) is 5.75 Å². The summed E-state index contributed by atoms with van der Waals surface area (Å²) in [4.78, 5) is 27.8. The Morgan fingerprint density at radius 1 is 1.00 bits per heavy atom. The van der Waals surface area contributed by atoms with Crippen LogP contribution in [0.2, 0.25) is 10.0 Å². The molecule has 0 aromatic heterocycles. The Labute approximate surface area is 204 Å². The molecule has 0 saturated heterocycles. The number of carbonyl (C=O) groups excluding carboxylic acids is 2. The molecule has 172 valence electrons. The van der Waals surface area contributed by atoms with Crippen molar-refractivity contribution in [1.82, 2.24) is 10.2 Å². The molecule has 7 heteroatoms. The molecule has 3 aromatic rings. The van der Waals surface area contributed by atoms with Gasteiger partial charge in [-0.2, -0.15) is 0 Å². The van der Waals surface area contributed by atoms with Gasteiger partial charge in [0.05, 0.1) is 0 Å². The Balaban J connectivity index is 1.90. The van der Waals surface area contributed by atoms with E-state index in [1.54, 1.807) is 31.3 Å². The van der Waals surface area contributed by atoms with Gasteiger partial charge in [0, 0.05) is 30.1 Å². The number of hydrogen-bond donors (Lipinski definition) is 1. The molecule has 1 atom stereocenters. The van der Waals surface area contributed by atoms with E-state index in [9.17, 15) is 9.59 Å². The van der Waals surface area contributed by atoms with Gasteiger partial charge in [0.2, 0.25) is 5.91 Å². The van der Waals surface area contributed by atoms with E-state index in [2.05, 4.69) is 5.32 Å². The average molecular weight is 485 g/mol. The second kappa shape index (κ2) is 11.7. The van der Waals surface area contributed by atoms with Gasteiger partial charge in [-0.05, 0) is 47.9 Å². The summed E-state index contributed by atoms with van der Waals surface area (Å²) in [5.41, 5.74) is 2.65. The molecule has 5 nitrogen and oxygen atoms in total. The van der Waals surface area contributed by atoms with Crippen LogP contribution in [0, 0.1) is 6.92 Å². The highest BCUT2D eigenvalue weighted by Gasteiger charge is 2.30. The Morgan fingerprint density at radius 3 is 2.42 bits per heavy atom. The molecule has 0 radical (unpaired) electrons. The van der Waals surface area contributed by atoms with Crippen LogP contribution >= 0.6 is 23.2 Å². The molecule has 0 spiro atoms. The first-order chi connectivity index (χ1) is 15.9. The fourth-order valence-electron chi connectivity index (χ4n) is 3.49. The van der Waals surface area contributed by atoms with E-state index in [0.717, 1.165) is 11.1 Å². The molecule has 2 amide bonds. The van der Waals surface area contributed by atoms with Gasteiger partial charge in [-0.15, -0.1) is 0 Å². The van der Waals surface area contributed by atoms with E-state index in [-0.39, 0.29) is 25.0 Å². The Hall–Kier alpha value is -3.02. The van der Waals surface area contributed by atoms with Crippen molar-refractivity contribution in [2.24, 2.45) is 0 Å². The van der Waals surface area contributed by atoms with Crippen LogP contribution in [0.3, 0.4) is 0 Å². The van der Waals surface area contributed by atoms with E-state index in [4.69, 9.17) is 27.9 Å². The third kappa shape index (κ3) is 6.98. The Bertz CT molecular complexity index is 1110. The van der Waals surface area contributed by atoms with Gasteiger partial charge in [0.25, 0.3) is 5.91 Å². The fourth-order valence-corrected chi connectivity index (χ4v) is 3.96. The average Bonchev–Trinajstić information content (AvgIpc) is 2.81. The van der Waals surface area contributed by atoms with Crippen LogP contribution in [0.4, 0.5) is 0 Å². The maximum atomic E-state index is 13.4. The van der Waals surface area contributed by atoms with Crippen LogP contribution in [-0.4, -0.2) is 36.4 Å². The molecule has 0 aliphatic heterocycles. The predicted molar refractivity (Wildman–Crippen MR) is 132 cm³/mol. The lowest BCUT2D eigenvalue weighted by molar-refractivity contribution is -0.142. The summed E-state index contributed by atoms with van der Waals surface area (Å²) >= 11 is 12.4. The van der Waals surface area contributed by atoms with Gasteiger partial charge < -0.3 is 15.0 Å². The monoisotopic (exact) mass is 484 g/mol. The highest BCUT2D eigenvalue weighted by Crippen LogP contribution is 2.24. The van der Waals surface area contributed by atoms with E-state index >= 15 is 0 Å². The van der Waals surface area contributed by atoms with Crippen LogP contribution in [0.15, 0.2) is 72.8 Å². The first-order valence-electron chi connectivity index (χ1n) is 10.6. The third-order valence-corrected chi connectivity index (χ3v) is 5.81. The molecular weight excluding hydrogens is 459 g/mol. The summed E-state index contributed by atoms with van der Waals surface area (Å²) < 4.78 is 5.75. The highest BCUT2D eigenvalue weighted by molar-refractivity contribution is 6.35. The van der Waals surface area contributed by atoms with Crippen LogP contribution in [0.1, 0.15) is 16.7 Å². The van der Waals surface area contributed by atoms with E-state index in [1.165, 1.54) is 4.90 Å². The van der Waals surface area contributed by atoms with Crippen LogP contribution < -0.4 is 10.1 Å². The molecule has 0 unspecified atom stereocenters. The van der Waals surface area contributed by atoms with Gasteiger partial charge in [0.15, 0.2) is 6.61 Å². The Morgan fingerprint density at radius 2 is 1.76 bits per heavy atom. The number of benzene rings is 3. The SMILES string of the molecule is CNC(=O)[C@@H](Cc1ccccc1)N(Cc1ccc(Cl)cc1Cl)C(=O)COc1cccc(C)c1. The van der Waals surface area contributed by atoms with Crippen molar-refractivity contribution in [1.29, 1.82) is 0 Å². The third-order valence-electron chi connectivity index (χ3n) is 5.23. The number of aryl methyl sites for hydroxylation is 1. The van der Waals surface area contributed by atoms with Crippen molar-refractivity contribution in [3.63, 3.8) is 0 Å². The number of carbonyl (C=O) groups is 2. The standard InChI is InChI=1S/C26H26Cl2N2O3/c1-18-7-6-10-22(13-18)33-17-25(31)30(16-20-11-12-21(27)15-23(20)28)24(26(32)29-2)14-19-8-4-3-5-9-19/h3-13,15,24H,14,16-17H2,1-2H3,(H,29,32)/t24-/m1/s1. The Kier molecular flexibility index (Phi) is 8.75. The lowest BCUT2D eigenvalue weighted by Gasteiger charge is -2.31. The molecular formula is C26H26Cl2N2O3. The number of halogens is 2. The fraction of sp³-hybridized carbons (Fsp3) is 0.231. The number of amides is 2. The summed E-state index contributed by atoms with van der Waals surface area (Å²) in [5.74, 6) is -0.00715. The zero-order valence-corrected chi connectivity index (χ0v) is 20.1. The number of hydrogen-bond acceptors (Lipinski definition) is 3. The lowest BCUT2D eigenvalue weighted by Crippen LogP contribution is -2.51. The second-order valence-electron chi connectivity index (χ2n) is 7.68. The topological polar surface area (TPSA) is 58.6 Å². The van der Waals surface area contributed by atoms with Crippen LogP contribution in [0.5, 0.6) is 5.75 Å². The number of nitrogens with zero attached hydrogens (tertiary/aromatic N) is 1. The van der Waals surface area contributed by atoms with E-state index in [1.807, 2.05) is 55.5 Å². The highest BCUT2D eigenvalue weighted by atomic mass is 35.5. The molecule has 0 aliphatic rings. The number of ether oxygens (including phenoxy) is 1. The summed E-state index contributed by atoms with van der Waals surface area (Å²) in [6, 6.07) is 21.4. The molecule has 0 heterocycles. The van der Waals surface area contributed by atoms with Gasteiger partial charge in [-0.3, -0.25) is 9.59 Å². The van der Waals surface area contributed by atoms with Crippen LogP contribution in [-0.2, 0) is 22.6 Å². The van der Waals surface area contributed by atoms with Crippen LogP contribution in [0.25, 0.3) is 0 Å². The number of nitrogens with one attached hydrogen (secondary N) is 1. The molecule has 3 rings (SSSR count). The molecule has 33 heavy (non-hydrogen) atoms. The minimum Gasteiger partial charge on any atom is -0.484 e. The summed E-state index contributed by atoms with van der Waals surface area (Å²) in [6.45, 7) is 1.87. The first-order valence-corrected chi connectivity index (χ1v) is 11.3. The van der Waals surface area contributed by atoms with Crippen molar-refractivity contribution in [2.45, 2.75) is 25.9 Å². The first kappa shape index (κ1) is 24.6. The molecule has 3 aromatic carbocycles. The minimum atomic E-state index is -0.752. The van der Waals surface area contributed by atoms with Gasteiger partial charge >= 0.3 is 0 Å².